The molecule has 0 aliphatic rings. The van der Waals surface area contributed by atoms with Gasteiger partial charge in [-0.3, -0.25) is 0 Å². The van der Waals surface area contributed by atoms with Crippen LogP contribution in [0.15, 0.2) is 0 Å². The Morgan fingerprint density at radius 2 is 1.89 bits per heavy atom. The smallest absolute Gasteiger partial charge is 0.0938 e. The van der Waals surface area contributed by atoms with E-state index in [9.17, 15) is 5.11 Å². The van der Waals surface area contributed by atoms with Crippen molar-refractivity contribution in [3.63, 3.8) is 0 Å². The van der Waals surface area contributed by atoms with E-state index < -0.39 is 0 Å². The summed E-state index contributed by atoms with van der Waals surface area (Å²) in [6, 6.07) is 0. The molecule has 0 aromatic carbocycles. The molecule has 1 nitrogen and oxygen atoms in total. The highest BCUT2D eigenvalue weighted by atomic mass is 32.2. The first-order valence-corrected chi connectivity index (χ1v) is 4.38. The fourth-order valence-corrected chi connectivity index (χ4v) is 1.60. The van der Waals surface area contributed by atoms with Crippen molar-refractivity contribution in [2.45, 2.75) is 37.7 Å². The Balaban J connectivity index is 3.22. The molecule has 2 atom stereocenters. The summed E-state index contributed by atoms with van der Waals surface area (Å²) in [5.41, 5.74) is 0. The molecule has 0 heterocycles. The molecule has 0 saturated heterocycles. The highest BCUT2D eigenvalue weighted by Gasteiger charge is 2.05. The van der Waals surface area contributed by atoms with E-state index in [1.807, 2.05) is 6.92 Å². The first-order chi connectivity index (χ1) is 4.20. The van der Waals surface area contributed by atoms with Crippen LogP contribution in [0.2, 0.25) is 0 Å². The van der Waals surface area contributed by atoms with Crippen molar-refractivity contribution < 1.29 is 5.11 Å². The maximum absolute atomic E-state index is 10.3. The van der Waals surface area contributed by atoms with Gasteiger partial charge in [-0.25, -0.2) is 5.11 Å². The van der Waals surface area contributed by atoms with Crippen molar-refractivity contribution >= 4 is 11.8 Å². The molecule has 9 heavy (non-hydrogen) atoms. The summed E-state index contributed by atoms with van der Waals surface area (Å²) in [5.74, 6) is 0. The lowest BCUT2D eigenvalue weighted by molar-refractivity contribution is 0.197. The average molecular weight is 147 g/mol. The lowest BCUT2D eigenvalue weighted by Crippen LogP contribution is -2.06. The monoisotopic (exact) mass is 147 g/mol. The molecule has 0 bridgehead atoms. The van der Waals surface area contributed by atoms with Gasteiger partial charge in [-0.05, 0) is 6.42 Å². The molecule has 1 radical (unpaired) electrons. The molecule has 0 saturated carbocycles. The van der Waals surface area contributed by atoms with Crippen molar-refractivity contribution in [3.05, 3.63) is 0 Å². The molecule has 0 aromatic rings. The van der Waals surface area contributed by atoms with Gasteiger partial charge in [0.25, 0.3) is 0 Å². The van der Waals surface area contributed by atoms with Crippen LogP contribution in [0.3, 0.4) is 0 Å². The Bertz CT molecular complexity index is 57.9. The van der Waals surface area contributed by atoms with Crippen molar-refractivity contribution in [2.75, 3.05) is 6.61 Å². The Morgan fingerprint density at radius 1 is 1.33 bits per heavy atom. The standard InChI is InChI=1S/C7H15OS/c1-4-6(2)9-7(3)5-8/h6-7H,4-5H2,1-3H3. The quantitative estimate of drug-likeness (QED) is 0.597. The summed E-state index contributed by atoms with van der Waals surface area (Å²) in [6.07, 6.45) is 1.16. The van der Waals surface area contributed by atoms with Crippen LogP contribution in [-0.2, 0) is 5.11 Å². The predicted molar refractivity (Wildman–Crippen MR) is 42.4 cm³/mol. The second-order valence-corrected chi connectivity index (χ2v) is 4.21. The Hall–Kier alpha value is 0.310. The van der Waals surface area contributed by atoms with Gasteiger partial charge in [-0.1, -0.05) is 20.8 Å². The third-order valence-corrected chi connectivity index (χ3v) is 2.67. The fourth-order valence-electron chi connectivity index (χ4n) is 0.532. The minimum Gasteiger partial charge on any atom is -0.236 e. The predicted octanol–water partition coefficient (Wildman–Crippen LogP) is 2.34. The summed E-state index contributed by atoms with van der Waals surface area (Å²) in [7, 11) is 0. The zero-order chi connectivity index (χ0) is 7.28. The van der Waals surface area contributed by atoms with Crippen LogP contribution >= 0.6 is 11.8 Å². The van der Waals surface area contributed by atoms with Gasteiger partial charge in [0.15, 0.2) is 0 Å². The molecule has 0 amide bonds. The molecule has 2 unspecified atom stereocenters. The molecular formula is C7H15OS. The molecule has 0 aliphatic carbocycles. The van der Waals surface area contributed by atoms with Gasteiger partial charge in [-0.15, -0.1) is 0 Å². The summed E-state index contributed by atoms with van der Waals surface area (Å²) in [6.45, 7) is 6.35. The van der Waals surface area contributed by atoms with Gasteiger partial charge in [0.05, 0.1) is 6.61 Å². The second-order valence-electron chi connectivity index (χ2n) is 2.33. The van der Waals surface area contributed by atoms with E-state index in [0.29, 0.717) is 10.5 Å². The number of rotatable bonds is 4. The largest absolute Gasteiger partial charge is 0.236 e. The SMILES string of the molecule is CCC(C)SC(C)C[O]. The maximum Gasteiger partial charge on any atom is 0.0938 e. The van der Waals surface area contributed by atoms with E-state index in [1.165, 1.54) is 0 Å². The molecule has 0 fully saturated rings. The molecule has 0 aromatic heterocycles. The Kier molecular flexibility index (Phi) is 5.30. The van der Waals surface area contributed by atoms with Crippen molar-refractivity contribution in [3.8, 4) is 0 Å². The molecule has 0 N–H and O–H groups in total. The van der Waals surface area contributed by atoms with Crippen LogP contribution in [0.4, 0.5) is 0 Å². The topological polar surface area (TPSA) is 19.9 Å². The molecule has 0 aliphatic heterocycles. The van der Waals surface area contributed by atoms with Crippen LogP contribution < -0.4 is 0 Å². The van der Waals surface area contributed by atoms with Gasteiger partial charge in [0, 0.05) is 10.5 Å². The molecule has 0 rings (SSSR count). The average Bonchev–Trinajstić information content (AvgIpc) is 1.87. The number of thioether (sulfide) groups is 1. The Morgan fingerprint density at radius 3 is 2.22 bits per heavy atom. The van der Waals surface area contributed by atoms with E-state index in [1.54, 1.807) is 11.8 Å². The molecular weight excluding hydrogens is 132 g/mol. The lowest BCUT2D eigenvalue weighted by atomic mass is 10.4. The number of hydrogen-bond donors (Lipinski definition) is 0. The van der Waals surface area contributed by atoms with Crippen LogP contribution in [0.1, 0.15) is 27.2 Å². The summed E-state index contributed by atoms with van der Waals surface area (Å²) in [5, 5.41) is 11.2. The zero-order valence-corrected chi connectivity index (χ0v) is 7.20. The van der Waals surface area contributed by atoms with Crippen LogP contribution in [0, 0.1) is 0 Å². The van der Waals surface area contributed by atoms with Gasteiger partial charge in [-0.2, -0.15) is 11.8 Å². The molecule has 55 valence electrons. The second kappa shape index (κ2) is 5.12. The Labute approximate surface area is 61.8 Å². The molecule has 0 spiro atoms. The van der Waals surface area contributed by atoms with Gasteiger partial charge < -0.3 is 0 Å². The summed E-state index contributed by atoms with van der Waals surface area (Å²) in [4.78, 5) is 0. The number of hydrogen-bond acceptors (Lipinski definition) is 1. The van der Waals surface area contributed by atoms with E-state index in [-0.39, 0.29) is 6.61 Å². The third-order valence-electron chi connectivity index (χ3n) is 1.27. The zero-order valence-electron chi connectivity index (χ0n) is 6.39. The van der Waals surface area contributed by atoms with E-state index in [2.05, 4.69) is 13.8 Å². The third kappa shape index (κ3) is 4.79. The van der Waals surface area contributed by atoms with Crippen molar-refractivity contribution in [2.24, 2.45) is 0 Å². The minimum atomic E-state index is 0.0506. The van der Waals surface area contributed by atoms with Crippen LogP contribution in [0.25, 0.3) is 0 Å². The van der Waals surface area contributed by atoms with E-state index >= 15 is 0 Å². The van der Waals surface area contributed by atoms with Crippen molar-refractivity contribution in [1.82, 2.24) is 0 Å². The van der Waals surface area contributed by atoms with Gasteiger partial charge in [0.1, 0.15) is 0 Å². The highest BCUT2D eigenvalue weighted by molar-refractivity contribution is 8.00. The van der Waals surface area contributed by atoms with E-state index in [4.69, 9.17) is 0 Å². The van der Waals surface area contributed by atoms with Crippen LogP contribution in [0.5, 0.6) is 0 Å². The summed E-state index contributed by atoms with van der Waals surface area (Å²) >= 11 is 1.79. The van der Waals surface area contributed by atoms with E-state index in [0.717, 1.165) is 6.42 Å². The fraction of sp³-hybridized carbons (Fsp3) is 1.00. The summed E-state index contributed by atoms with van der Waals surface area (Å²) < 4.78 is 0. The first-order valence-electron chi connectivity index (χ1n) is 3.44. The van der Waals surface area contributed by atoms with Gasteiger partial charge >= 0.3 is 0 Å². The maximum atomic E-state index is 10.3. The normalized spacial score (nSPS) is 17.3. The molecule has 2 heteroatoms. The minimum absolute atomic E-state index is 0.0506. The van der Waals surface area contributed by atoms with Crippen molar-refractivity contribution in [1.29, 1.82) is 0 Å². The lowest BCUT2D eigenvalue weighted by Gasteiger charge is -2.11. The first kappa shape index (κ1) is 9.31. The van der Waals surface area contributed by atoms with Crippen LogP contribution in [-0.4, -0.2) is 17.1 Å². The highest BCUT2D eigenvalue weighted by Crippen LogP contribution is 2.18. The van der Waals surface area contributed by atoms with Gasteiger partial charge in [0.2, 0.25) is 0 Å².